The Morgan fingerprint density at radius 2 is 2.12 bits per heavy atom. The van der Waals surface area contributed by atoms with Gasteiger partial charge in [-0.05, 0) is 24.1 Å². The molecule has 6 heteroatoms. The van der Waals surface area contributed by atoms with Crippen LogP contribution >= 0.6 is 0 Å². The molecule has 1 aromatic rings. The maximum absolute atomic E-state index is 11.1. The predicted molar refractivity (Wildman–Crippen MR) is 54.6 cm³/mol. The fourth-order valence-electron chi connectivity index (χ4n) is 1.18. The molecule has 1 unspecified atom stereocenters. The number of aromatic hydroxyl groups is 2. The van der Waals surface area contributed by atoms with Gasteiger partial charge in [-0.3, -0.25) is 4.89 Å². The topological polar surface area (TPSA) is 102 Å². The van der Waals surface area contributed by atoms with Gasteiger partial charge in [-0.25, -0.2) is 4.79 Å². The highest BCUT2D eigenvalue weighted by molar-refractivity contribution is 5.75. The van der Waals surface area contributed by atoms with Crippen LogP contribution in [0.5, 0.6) is 11.5 Å². The zero-order valence-corrected chi connectivity index (χ0v) is 8.71. The van der Waals surface area contributed by atoms with Gasteiger partial charge in [-0.2, -0.15) is 4.89 Å². The summed E-state index contributed by atoms with van der Waals surface area (Å²) in [5, 5.41) is 18.3. The van der Waals surface area contributed by atoms with E-state index in [-0.39, 0.29) is 17.9 Å². The second-order valence-electron chi connectivity index (χ2n) is 3.20. The maximum atomic E-state index is 11.1. The highest BCUT2D eigenvalue weighted by Crippen LogP contribution is 2.25. The third kappa shape index (κ3) is 3.11. The molecule has 0 radical (unpaired) electrons. The molecule has 0 aliphatic carbocycles. The summed E-state index contributed by atoms with van der Waals surface area (Å²) in [7, 11) is 1.21. The number of rotatable bonds is 4. The van der Waals surface area contributed by atoms with Gasteiger partial charge in [0, 0.05) is 0 Å². The summed E-state index contributed by atoms with van der Waals surface area (Å²) >= 11 is 0. The highest BCUT2D eigenvalue weighted by Gasteiger charge is 2.17. The van der Waals surface area contributed by atoms with Gasteiger partial charge in [0.15, 0.2) is 11.5 Å². The van der Waals surface area contributed by atoms with Gasteiger partial charge in [0.1, 0.15) is 6.04 Å². The van der Waals surface area contributed by atoms with E-state index >= 15 is 0 Å². The van der Waals surface area contributed by atoms with Gasteiger partial charge < -0.3 is 15.9 Å². The lowest BCUT2D eigenvalue weighted by atomic mass is 10.1. The van der Waals surface area contributed by atoms with Crippen molar-refractivity contribution in [2.45, 2.75) is 12.5 Å². The van der Waals surface area contributed by atoms with Crippen LogP contribution in [0.4, 0.5) is 0 Å². The number of benzene rings is 1. The Balaban J connectivity index is 2.66. The van der Waals surface area contributed by atoms with Crippen LogP contribution in [0.1, 0.15) is 5.56 Å². The van der Waals surface area contributed by atoms with Crippen molar-refractivity contribution in [2.24, 2.45) is 5.73 Å². The first-order chi connectivity index (χ1) is 7.54. The van der Waals surface area contributed by atoms with Crippen molar-refractivity contribution >= 4 is 5.97 Å². The molecule has 1 rings (SSSR count). The largest absolute Gasteiger partial charge is 0.504 e. The molecule has 0 aromatic heterocycles. The summed E-state index contributed by atoms with van der Waals surface area (Å²) in [6.45, 7) is 0. The average Bonchev–Trinajstić information content (AvgIpc) is 2.24. The number of hydrogen-bond acceptors (Lipinski definition) is 6. The van der Waals surface area contributed by atoms with Crippen LogP contribution in [0.2, 0.25) is 0 Å². The molecule has 0 bridgehead atoms. The lowest BCUT2D eigenvalue weighted by Gasteiger charge is -2.09. The Morgan fingerprint density at radius 3 is 2.69 bits per heavy atom. The highest BCUT2D eigenvalue weighted by atomic mass is 17.2. The van der Waals surface area contributed by atoms with Crippen LogP contribution in [0.3, 0.4) is 0 Å². The van der Waals surface area contributed by atoms with Crippen LogP contribution in [-0.4, -0.2) is 29.3 Å². The number of carbonyl (C=O) groups is 1. The Morgan fingerprint density at radius 1 is 1.44 bits per heavy atom. The van der Waals surface area contributed by atoms with Crippen LogP contribution in [-0.2, 0) is 21.0 Å². The first-order valence-corrected chi connectivity index (χ1v) is 4.55. The van der Waals surface area contributed by atoms with E-state index in [0.717, 1.165) is 0 Å². The van der Waals surface area contributed by atoms with Crippen LogP contribution in [0.15, 0.2) is 18.2 Å². The summed E-state index contributed by atoms with van der Waals surface area (Å²) in [6.07, 6.45) is 0.177. The standard InChI is InChI=1S/C10H13NO5/c1-15-16-10(14)7(11)4-6-2-3-8(12)9(13)5-6/h2-3,5,7,12-13H,4,11H2,1H3. The van der Waals surface area contributed by atoms with E-state index < -0.39 is 12.0 Å². The number of nitrogens with two attached hydrogens (primary N) is 1. The van der Waals surface area contributed by atoms with Gasteiger partial charge in [-0.15, -0.1) is 0 Å². The second-order valence-corrected chi connectivity index (χ2v) is 3.20. The minimum Gasteiger partial charge on any atom is -0.504 e. The molecule has 4 N–H and O–H groups in total. The Kier molecular flexibility index (Phi) is 4.10. The SMILES string of the molecule is COOC(=O)C(N)Cc1ccc(O)c(O)c1. The molecule has 0 saturated carbocycles. The molecule has 0 aliphatic rings. The van der Waals surface area contributed by atoms with Crippen molar-refractivity contribution in [3.8, 4) is 11.5 Å². The third-order valence-electron chi connectivity index (χ3n) is 1.96. The summed E-state index contributed by atoms with van der Waals surface area (Å²) in [5.41, 5.74) is 6.13. The molecule has 0 fully saturated rings. The lowest BCUT2D eigenvalue weighted by Crippen LogP contribution is -2.34. The van der Waals surface area contributed by atoms with Gasteiger partial charge in [0.05, 0.1) is 7.11 Å². The fraction of sp³-hybridized carbons (Fsp3) is 0.300. The molecule has 6 nitrogen and oxygen atoms in total. The van der Waals surface area contributed by atoms with Gasteiger partial charge >= 0.3 is 5.97 Å². The number of hydrogen-bond donors (Lipinski definition) is 3. The van der Waals surface area contributed by atoms with Crippen molar-refractivity contribution < 1.29 is 24.8 Å². The number of phenolic OH excluding ortho intramolecular Hbond substituents is 2. The van der Waals surface area contributed by atoms with E-state index in [4.69, 9.17) is 10.8 Å². The molecular weight excluding hydrogens is 214 g/mol. The van der Waals surface area contributed by atoms with Crippen molar-refractivity contribution in [3.63, 3.8) is 0 Å². The van der Waals surface area contributed by atoms with E-state index in [0.29, 0.717) is 5.56 Å². The molecular formula is C10H13NO5. The first-order valence-electron chi connectivity index (χ1n) is 4.55. The van der Waals surface area contributed by atoms with Gasteiger partial charge in [0.25, 0.3) is 0 Å². The molecule has 88 valence electrons. The summed E-state index contributed by atoms with van der Waals surface area (Å²) in [6, 6.07) is 3.31. The van der Waals surface area contributed by atoms with Gasteiger partial charge in [0.2, 0.25) is 0 Å². The molecule has 0 aliphatic heterocycles. The molecule has 0 heterocycles. The number of carbonyl (C=O) groups excluding carboxylic acids is 1. The second kappa shape index (κ2) is 5.34. The van der Waals surface area contributed by atoms with Crippen molar-refractivity contribution in [1.29, 1.82) is 0 Å². The predicted octanol–water partition coefficient (Wildman–Crippen LogP) is 0.0722. The first kappa shape index (κ1) is 12.3. The fourth-order valence-corrected chi connectivity index (χ4v) is 1.18. The Bertz CT molecular complexity index is 379. The quantitative estimate of drug-likeness (QED) is 0.382. The molecule has 1 aromatic carbocycles. The summed E-state index contributed by atoms with van der Waals surface area (Å²) in [4.78, 5) is 19.6. The van der Waals surface area contributed by atoms with Crippen molar-refractivity contribution in [3.05, 3.63) is 23.8 Å². The smallest absolute Gasteiger partial charge is 0.359 e. The van der Waals surface area contributed by atoms with E-state index in [1.54, 1.807) is 6.07 Å². The Labute approximate surface area is 92.1 Å². The molecule has 0 spiro atoms. The maximum Gasteiger partial charge on any atom is 0.359 e. The van der Waals surface area contributed by atoms with Crippen molar-refractivity contribution in [1.82, 2.24) is 0 Å². The molecule has 16 heavy (non-hydrogen) atoms. The number of phenols is 2. The molecule has 0 amide bonds. The van der Waals surface area contributed by atoms with Crippen LogP contribution in [0.25, 0.3) is 0 Å². The lowest BCUT2D eigenvalue weighted by molar-refractivity contribution is -0.256. The van der Waals surface area contributed by atoms with Gasteiger partial charge in [-0.1, -0.05) is 6.07 Å². The molecule has 1 atom stereocenters. The summed E-state index contributed by atoms with van der Waals surface area (Å²) in [5.74, 6) is -1.18. The van der Waals surface area contributed by atoms with E-state index in [9.17, 15) is 9.90 Å². The molecule has 0 saturated heterocycles. The minimum atomic E-state index is -0.885. The minimum absolute atomic E-state index is 0.177. The zero-order valence-electron chi connectivity index (χ0n) is 8.71. The normalized spacial score (nSPS) is 12.1. The van der Waals surface area contributed by atoms with Crippen LogP contribution in [0, 0.1) is 0 Å². The van der Waals surface area contributed by atoms with E-state index in [1.165, 1.54) is 19.2 Å². The summed E-state index contributed by atoms with van der Waals surface area (Å²) < 4.78 is 0. The van der Waals surface area contributed by atoms with E-state index in [2.05, 4.69) is 9.78 Å². The monoisotopic (exact) mass is 227 g/mol. The third-order valence-corrected chi connectivity index (χ3v) is 1.96. The van der Waals surface area contributed by atoms with Crippen molar-refractivity contribution in [2.75, 3.05) is 7.11 Å². The average molecular weight is 227 g/mol. The zero-order chi connectivity index (χ0) is 12.1. The van der Waals surface area contributed by atoms with Crippen LogP contribution < -0.4 is 5.73 Å². The van der Waals surface area contributed by atoms with E-state index in [1.807, 2.05) is 0 Å². The Hall–Kier alpha value is -1.79.